The molecule has 1 aromatic carbocycles. The number of hydrogen-bond donors (Lipinski definition) is 1. The van der Waals surface area contributed by atoms with Gasteiger partial charge in [-0.1, -0.05) is 18.2 Å². The number of benzene rings is 1. The topological polar surface area (TPSA) is 42.1 Å². The molecule has 2 aromatic rings. The number of nitrogens with zero attached hydrogens (tertiary/aromatic N) is 2. The van der Waals surface area contributed by atoms with Crippen molar-refractivity contribution in [3.05, 3.63) is 48.2 Å². The second-order valence-electron chi connectivity index (χ2n) is 3.79. The molecule has 0 unspecified atom stereocenters. The van der Waals surface area contributed by atoms with E-state index in [1.165, 1.54) is 0 Å². The normalized spacial score (nSPS) is 10.1. The summed E-state index contributed by atoms with van der Waals surface area (Å²) >= 11 is 0. The van der Waals surface area contributed by atoms with Crippen LogP contribution in [0.15, 0.2) is 42.6 Å². The molecule has 0 saturated carbocycles. The van der Waals surface area contributed by atoms with Gasteiger partial charge in [0, 0.05) is 12.7 Å². The molecule has 16 heavy (non-hydrogen) atoms. The van der Waals surface area contributed by atoms with Crippen LogP contribution in [0.4, 0.5) is 17.2 Å². The third-order valence-electron chi connectivity index (χ3n) is 2.61. The quantitative estimate of drug-likeness (QED) is 0.834. The lowest BCUT2D eigenvalue weighted by Crippen LogP contribution is -2.11. The molecule has 2 N–H and O–H groups in total. The van der Waals surface area contributed by atoms with Gasteiger partial charge in [0.1, 0.15) is 5.82 Å². The van der Waals surface area contributed by atoms with Crippen LogP contribution in [0.2, 0.25) is 0 Å². The van der Waals surface area contributed by atoms with Crippen LogP contribution in [0.25, 0.3) is 0 Å². The van der Waals surface area contributed by atoms with Gasteiger partial charge in [-0.25, -0.2) is 4.98 Å². The molecule has 3 nitrogen and oxygen atoms in total. The molecule has 3 heteroatoms. The van der Waals surface area contributed by atoms with Crippen LogP contribution in [0, 0.1) is 6.92 Å². The highest BCUT2D eigenvalue weighted by Gasteiger charge is 2.06. The number of nitrogens with two attached hydrogens (primary N) is 1. The van der Waals surface area contributed by atoms with Crippen molar-refractivity contribution in [3.63, 3.8) is 0 Å². The Labute approximate surface area is 95.5 Å². The number of pyridine rings is 1. The van der Waals surface area contributed by atoms with E-state index in [2.05, 4.69) is 22.0 Å². The lowest BCUT2D eigenvalue weighted by molar-refractivity contribution is 1.15. The maximum absolute atomic E-state index is 5.64. The Balaban J connectivity index is 2.38. The molecule has 0 aliphatic heterocycles. The fourth-order valence-corrected chi connectivity index (χ4v) is 1.71. The second kappa shape index (κ2) is 4.23. The van der Waals surface area contributed by atoms with Gasteiger partial charge in [0.25, 0.3) is 0 Å². The Hall–Kier alpha value is -2.03. The van der Waals surface area contributed by atoms with Crippen molar-refractivity contribution in [1.82, 2.24) is 4.98 Å². The third-order valence-corrected chi connectivity index (χ3v) is 2.61. The van der Waals surface area contributed by atoms with Crippen molar-refractivity contribution >= 4 is 17.2 Å². The van der Waals surface area contributed by atoms with E-state index < -0.39 is 0 Å². The van der Waals surface area contributed by atoms with Gasteiger partial charge in [-0.3, -0.25) is 0 Å². The number of hydrogen-bond acceptors (Lipinski definition) is 3. The molecule has 2 rings (SSSR count). The highest BCUT2D eigenvalue weighted by molar-refractivity contribution is 5.65. The molecule has 1 aromatic heterocycles. The molecule has 0 aliphatic rings. The van der Waals surface area contributed by atoms with Gasteiger partial charge < -0.3 is 10.6 Å². The van der Waals surface area contributed by atoms with E-state index in [-0.39, 0.29) is 0 Å². The van der Waals surface area contributed by atoms with Crippen molar-refractivity contribution in [3.8, 4) is 0 Å². The summed E-state index contributed by atoms with van der Waals surface area (Å²) in [6.45, 7) is 2.03. The largest absolute Gasteiger partial charge is 0.384 e. The first-order valence-electron chi connectivity index (χ1n) is 5.19. The summed E-state index contributed by atoms with van der Waals surface area (Å²) in [4.78, 5) is 6.22. The van der Waals surface area contributed by atoms with E-state index in [1.807, 2.05) is 38.2 Å². The minimum atomic E-state index is 0.558. The molecule has 82 valence electrons. The van der Waals surface area contributed by atoms with Crippen LogP contribution >= 0.6 is 0 Å². The van der Waals surface area contributed by atoms with Gasteiger partial charge in [0.2, 0.25) is 0 Å². The molecule has 0 amide bonds. The summed E-state index contributed by atoms with van der Waals surface area (Å²) in [5, 5.41) is 0. The van der Waals surface area contributed by atoms with E-state index in [4.69, 9.17) is 5.73 Å². The molecule has 0 spiro atoms. The number of para-hydroxylation sites is 1. The molecule has 0 saturated heterocycles. The lowest BCUT2D eigenvalue weighted by atomic mass is 10.2. The summed E-state index contributed by atoms with van der Waals surface area (Å²) < 4.78 is 0. The SMILES string of the molecule is Cc1cc(N)ncc1N(C)c1ccccc1. The summed E-state index contributed by atoms with van der Waals surface area (Å²) in [5.41, 5.74) is 8.97. The Kier molecular flexibility index (Phi) is 2.77. The van der Waals surface area contributed by atoms with Crippen LogP contribution in [0.1, 0.15) is 5.56 Å². The van der Waals surface area contributed by atoms with Crippen molar-refractivity contribution in [1.29, 1.82) is 0 Å². The van der Waals surface area contributed by atoms with E-state index in [0.717, 1.165) is 16.9 Å². The Morgan fingerprint density at radius 1 is 1.19 bits per heavy atom. The van der Waals surface area contributed by atoms with Gasteiger partial charge in [0.05, 0.1) is 11.9 Å². The number of aromatic nitrogens is 1. The van der Waals surface area contributed by atoms with Gasteiger partial charge in [-0.15, -0.1) is 0 Å². The molecule has 0 fully saturated rings. The van der Waals surface area contributed by atoms with Gasteiger partial charge >= 0.3 is 0 Å². The van der Waals surface area contributed by atoms with Crippen LogP contribution < -0.4 is 10.6 Å². The standard InChI is InChI=1S/C13H15N3/c1-10-8-13(14)15-9-12(10)16(2)11-6-4-3-5-7-11/h3-9H,1-2H3,(H2,14,15). The summed E-state index contributed by atoms with van der Waals surface area (Å²) in [5.74, 6) is 0.558. The first-order valence-corrected chi connectivity index (χ1v) is 5.19. The predicted octanol–water partition coefficient (Wildman–Crippen LogP) is 2.74. The maximum atomic E-state index is 5.64. The van der Waals surface area contributed by atoms with Gasteiger partial charge in [-0.05, 0) is 30.7 Å². The smallest absolute Gasteiger partial charge is 0.123 e. The zero-order valence-corrected chi connectivity index (χ0v) is 9.51. The molecule has 0 atom stereocenters. The highest BCUT2D eigenvalue weighted by atomic mass is 15.1. The lowest BCUT2D eigenvalue weighted by Gasteiger charge is -2.21. The number of aryl methyl sites for hydroxylation is 1. The Morgan fingerprint density at radius 2 is 1.88 bits per heavy atom. The van der Waals surface area contributed by atoms with Gasteiger partial charge in [0.15, 0.2) is 0 Å². The zero-order chi connectivity index (χ0) is 11.5. The second-order valence-corrected chi connectivity index (χ2v) is 3.79. The molecule has 0 aliphatic carbocycles. The fraction of sp³-hybridized carbons (Fsp3) is 0.154. The zero-order valence-electron chi connectivity index (χ0n) is 9.51. The first kappa shape index (κ1) is 10.5. The molecule has 1 heterocycles. The van der Waals surface area contributed by atoms with Crippen LogP contribution in [0.3, 0.4) is 0 Å². The summed E-state index contributed by atoms with van der Waals surface area (Å²) in [6, 6.07) is 12.1. The van der Waals surface area contributed by atoms with Crippen molar-refractivity contribution in [2.45, 2.75) is 6.92 Å². The Morgan fingerprint density at radius 3 is 2.50 bits per heavy atom. The monoisotopic (exact) mass is 213 g/mol. The average molecular weight is 213 g/mol. The van der Waals surface area contributed by atoms with Crippen LogP contribution in [-0.2, 0) is 0 Å². The first-order chi connectivity index (χ1) is 7.68. The third kappa shape index (κ3) is 1.98. The van der Waals surface area contributed by atoms with E-state index in [9.17, 15) is 0 Å². The average Bonchev–Trinajstić information content (AvgIpc) is 2.29. The minimum Gasteiger partial charge on any atom is -0.384 e. The fourth-order valence-electron chi connectivity index (χ4n) is 1.71. The molecular weight excluding hydrogens is 198 g/mol. The van der Waals surface area contributed by atoms with Crippen molar-refractivity contribution < 1.29 is 0 Å². The molecule has 0 radical (unpaired) electrons. The van der Waals surface area contributed by atoms with E-state index >= 15 is 0 Å². The molecular formula is C13H15N3. The summed E-state index contributed by atoms with van der Waals surface area (Å²) in [6.07, 6.45) is 1.80. The minimum absolute atomic E-state index is 0.558. The molecule has 0 bridgehead atoms. The highest BCUT2D eigenvalue weighted by Crippen LogP contribution is 2.26. The number of rotatable bonds is 2. The van der Waals surface area contributed by atoms with Crippen LogP contribution in [-0.4, -0.2) is 12.0 Å². The Bertz CT molecular complexity index is 480. The van der Waals surface area contributed by atoms with Gasteiger partial charge in [-0.2, -0.15) is 0 Å². The maximum Gasteiger partial charge on any atom is 0.123 e. The van der Waals surface area contributed by atoms with Crippen LogP contribution in [0.5, 0.6) is 0 Å². The van der Waals surface area contributed by atoms with E-state index in [1.54, 1.807) is 6.20 Å². The predicted molar refractivity (Wildman–Crippen MR) is 67.9 cm³/mol. The van der Waals surface area contributed by atoms with Crippen molar-refractivity contribution in [2.75, 3.05) is 17.7 Å². The number of nitrogen functional groups attached to an aromatic ring is 1. The van der Waals surface area contributed by atoms with E-state index in [0.29, 0.717) is 5.82 Å². The summed E-state index contributed by atoms with van der Waals surface area (Å²) in [7, 11) is 2.02. The number of anilines is 3. The van der Waals surface area contributed by atoms with Crippen molar-refractivity contribution in [2.24, 2.45) is 0 Å².